The number of nitrogens with one attached hydrogen (secondary N) is 1. The van der Waals surface area contributed by atoms with E-state index in [9.17, 15) is 18.0 Å². The van der Waals surface area contributed by atoms with Crippen molar-refractivity contribution in [2.24, 2.45) is 0 Å². The summed E-state index contributed by atoms with van der Waals surface area (Å²) >= 11 is 0. The Hall–Kier alpha value is -3.36. The van der Waals surface area contributed by atoms with E-state index in [4.69, 9.17) is 4.74 Å². The Balaban J connectivity index is 1.40. The first-order chi connectivity index (χ1) is 14.3. The molecule has 0 radical (unpaired) electrons. The van der Waals surface area contributed by atoms with Crippen LogP contribution in [0, 0.1) is 6.92 Å². The number of amides is 1. The predicted molar refractivity (Wildman–Crippen MR) is 103 cm³/mol. The van der Waals surface area contributed by atoms with E-state index in [1.54, 1.807) is 6.92 Å². The monoisotopic (exact) mass is 416 g/mol. The van der Waals surface area contributed by atoms with Crippen molar-refractivity contribution in [3.63, 3.8) is 0 Å². The van der Waals surface area contributed by atoms with Crippen LogP contribution in [-0.2, 0) is 19.0 Å². The second-order valence-corrected chi connectivity index (χ2v) is 7.00. The Bertz CT molecular complexity index is 1070. The van der Waals surface area contributed by atoms with E-state index in [2.05, 4.69) is 21.5 Å². The van der Waals surface area contributed by atoms with E-state index in [-0.39, 0.29) is 11.7 Å². The molecule has 6 nitrogen and oxygen atoms in total. The van der Waals surface area contributed by atoms with Crippen LogP contribution < -0.4 is 10.1 Å². The first kappa shape index (κ1) is 19.9. The van der Waals surface area contributed by atoms with Crippen LogP contribution in [0.15, 0.2) is 42.7 Å². The maximum Gasteiger partial charge on any atom is 0.417 e. The molecule has 0 unspecified atom stereocenters. The summed E-state index contributed by atoms with van der Waals surface area (Å²) in [7, 11) is 0. The molecule has 0 spiro atoms. The maximum absolute atomic E-state index is 12.7. The molecule has 0 bridgehead atoms. The highest BCUT2D eigenvalue weighted by Crippen LogP contribution is 2.29. The van der Waals surface area contributed by atoms with Crippen LogP contribution in [0.4, 0.5) is 13.2 Å². The summed E-state index contributed by atoms with van der Waals surface area (Å²) in [5, 5.41) is 6.96. The normalized spacial score (nSPS) is 13.1. The summed E-state index contributed by atoms with van der Waals surface area (Å²) in [6, 6.07) is 8.18. The van der Waals surface area contributed by atoms with Crippen LogP contribution in [0.3, 0.4) is 0 Å². The number of hydrogen-bond acceptors (Lipinski definition) is 4. The number of benzene rings is 1. The number of aromatic nitrogens is 3. The Labute approximate surface area is 170 Å². The van der Waals surface area contributed by atoms with E-state index in [0.717, 1.165) is 30.0 Å². The number of nitrogens with zero attached hydrogens (tertiary/aromatic N) is 3. The van der Waals surface area contributed by atoms with Gasteiger partial charge in [0.2, 0.25) is 0 Å². The van der Waals surface area contributed by atoms with Gasteiger partial charge in [0, 0.05) is 19.2 Å². The Morgan fingerprint density at radius 1 is 1.23 bits per heavy atom. The SMILES string of the molecule is Cc1c(C(=O)NCCc2ccc3c(c2)CCO3)cnn1-c1ccc(C(F)(F)F)cn1. The second-order valence-electron chi connectivity index (χ2n) is 7.00. The number of hydrogen-bond donors (Lipinski definition) is 1. The van der Waals surface area contributed by atoms with Gasteiger partial charge >= 0.3 is 6.18 Å². The van der Waals surface area contributed by atoms with Crippen LogP contribution in [0.5, 0.6) is 5.75 Å². The number of pyridine rings is 1. The molecule has 3 aromatic rings. The number of fused-ring (bicyclic) bond motifs is 1. The average Bonchev–Trinajstić information content (AvgIpc) is 3.33. The lowest BCUT2D eigenvalue weighted by Gasteiger charge is -2.09. The number of ether oxygens (including phenoxy) is 1. The molecule has 0 atom stereocenters. The molecule has 1 aromatic carbocycles. The van der Waals surface area contributed by atoms with Crippen molar-refractivity contribution in [1.29, 1.82) is 0 Å². The quantitative estimate of drug-likeness (QED) is 0.691. The molecule has 2 aromatic heterocycles. The summed E-state index contributed by atoms with van der Waals surface area (Å²) in [6.45, 7) is 2.82. The van der Waals surface area contributed by atoms with Gasteiger partial charge in [0.05, 0.1) is 29.6 Å². The molecule has 30 heavy (non-hydrogen) atoms. The molecule has 156 valence electrons. The van der Waals surface area contributed by atoms with Crippen LogP contribution in [0.2, 0.25) is 0 Å². The van der Waals surface area contributed by atoms with E-state index in [1.807, 2.05) is 12.1 Å². The smallest absolute Gasteiger partial charge is 0.417 e. The zero-order chi connectivity index (χ0) is 21.3. The fourth-order valence-corrected chi connectivity index (χ4v) is 3.35. The van der Waals surface area contributed by atoms with Gasteiger partial charge in [0.15, 0.2) is 5.82 Å². The number of carbonyl (C=O) groups excluding carboxylic acids is 1. The van der Waals surface area contributed by atoms with Crippen molar-refractivity contribution in [3.05, 3.63) is 70.7 Å². The van der Waals surface area contributed by atoms with Gasteiger partial charge in [-0.05, 0) is 42.7 Å². The lowest BCUT2D eigenvalue weighted by molar-refractivity contribution is -0.137. The zero-order valence-electron chi connectivity index (χ0n) is 16.2. The molecule has 1 aliphatic heterocycles. The third kappa shape index (κ3) is 4.00. The van der Waals surface area contributed by atoms with Crippen LogP contribution in [-0.4, -0.2) is 33.8 Å². The van der Waals surface area contributed by atoms with Gasteiger partial charge in [-0.3, -0.25) is 4.79 Å². The number of rotatable bonds is 5. The highest BCUT2D eigenvalue weighted by molar-refractivity contribution is 5.95. The van der Waals surface area contributed by atoms with Crippen LogP contribution in [0.1, 0.15) is 32.7 Å². The minimum Gasteiger partial charge on any atom is -0.493 e. The summed E-state index contributed by atoms with van der Waals surface area (Å²) in [4.78, 5) is 16.3. The molecule has 0 fully saturated rings. The molecule has 1 amide bonds. The molecule has 3 heterocycles. The first-order valence-electron chi connectivity index (χ1n) is 9.44. The van der Waals surface area contributed by atoms with Gasteiger partial charge in [-0.1, -0.05) is 12.1 Å². The molecule has 0 aliphatic carbocycles. The van der Waals surface area contributed by atoms with Crippen molar-refractivity contribution in [1.82, 2.24) is 20.1 Å². The van der Waals surface area contributed by atoms with Crippen LogP contribution >= 0.6 is 0 Å². The van der Waals surface area contributed by atoms with E-state index >= 15 is 0 Å². The molecular formula is C21H19F3N4O2. The van der Waals surface area contributed by atoms with Crippen molar-refractivity contribution in [3.8, 4) is 11.6 Å². The van der Waals surface area contributed by atoms with Crippen molar-refractivity contribution in [2.75, 3.05) is 13.2 Å². The van der Waals surface area contributed by atoms with Gasteiger partial charge in [-0.2, -0.15) is 18.3 Å². The summed E-state index contributed by atoms with van der Waals surface area (Å²) < 4.78 is 44.9. The van der Waals surface area contributed by atoms with Crippen molar-refractivity contribution in [2.45, 2.75) is 25.9 Å². The topological polar surface area (TPSA) is 69.0 Å². The van der Waals surface area contributed by atoms with Crippen molar-refractivity contribution >= 4 is 5.91 Å². The largest absolute Gasteiger partial charge is 0.493 e. The van der Waals surface area contributed by atoms with Gasteiger partial charge < -0.3 is 10.1 Å². The number of alkyl halides is 3. The lowest BCUT2D eigenvalue weighted by Crippen LogP contribution is -2.26. The molecular weight excluding hydrogens is 397 g/mol. The number of carbonyl (C=O) groups is 1. The van der Waals surface area contributed by atoms with Gasteiger partial charge in [0.25, 0.3) is 5.91 Å². The first-order valence-corrected chi connectivity index (χ1v) is 9.44. The molecule has 1 N–H and O–H groups in total. The highest BCUT2D eigenvalue weighted by Gasteiger charge is 2.30. The minimum absolute atomic E-state index is 0.208. The summed E-state index contributed by atoms with van der Waals surface area (Å²) in [5.41, 5.74) is 2.29. The fraction of sp³-hybridized carbons (Fsp3) is 0.286. The zero-order valence-corrected chi connectivity index (χ0v) is 16.2. The Morgan fingerprint density at radius 2 is 2.07 bits per heavy atom. The summed E-state index contributed by atoms with van der Waals surface area (Å²) in [6.07, 6.45) is -0.755. The molecule has 1 aliphatic rings. The molecule has 0 saturated heterocycles. The maximum atomic E-state index is 12.7. The predicted octanol–water partition coefficient (Wildman–Crippen LogP) is 3.50. The minimum atomic E-state index is -4.46. The van der Waals surface area contributed by atoms with Crippen LogP contribution in [0.25, 0.3) is 5.82 Å². The Morgan fingerprint density at radius 3 is 2.80 bits per heavy atom. The number of halogens is 3. The van der Waals surface area contributed by atoms with Gasteiger partial charge in [-0.15, -0.1) is 0 Å². The third-order valence-corrected chi connectivity index (χ3v) is 5.00. The van der Waals surface area contributed by atoms with E-state index in [1.165, 1.54) is 22.5 Å². The van der Waals surface area contributed by atoms with Gasteiger partial charge in [0.1, 0.15) is 5.75 Å². The summed E-state index contributed by atoms with van der Waals surface area (Å²) in [5.74, 6) is 0.831. The molecule has 4 rings (SSSR count). The van der Waals surface area contributed by atoms with Gasteiger partial charge in [-0.25, -0.2) is 9.67 Å². The van der Waals surface area contributed by atoms with Crippen molar-refractivity contribution < 1.29 is 22.7 Å². The third-order valence-electron chi connectivity index (χ3n) is 5.00. The fourth-order valence-electron chi connectivity index (χ4n) is 3.35. The average molecular weight is 416 g/mol. The van der Waals surface area contributed by atoms with E-state index < -0.39 is 11.7 Å². The second kappa shape index (κ2) is 7.81. The standard InChI is InChI=1S/C21H19F3N4O2/c1-13-17(12-27-28(13)19-5-3-16(11-26-19)21(22,23)24)20(29)25-8-6-14-2-4-18-15(10-14)7-9-30-18/h2-5,10-12H,6-9H2,1H3,(H,25,29). The molecule has 9 heteroatoms. The lowest BCUT2D eigenvalue weighted by atomic mass is 10.1. The van der Waals surface area contributed by atoms with E-state index in [0.29, 0.717) is 30.8 Å². The highest BCUT2D eigenvalue weighted by atomic mass is 19.4. The Kier molecular flexibility index (Phi) is 5.19. The molecule has 0 saturated carbocycles.